The Morgan fingerprint density at radius 1 is 0.894 bits per heavy atom. The summed E-state index contributed by atoms with van der Waals surface area (Å²) in [6.45, 7) is 2.17. The molecule has 0 bridgehead atoms. The van der Waals surface area contributed by atoms with E-state index in [1.807, 2.05) is 37.3 Å². The molecule has 0 fully saturated rings. The average molecular weight is 680 g/mol. The highest BCUT2D eigenvalue weighted by molar-refractivity contribution is 7.92. The van der Waals surface area contributed by atoms with E-state index in [1.165, 1.54) is 35.2 Å². The summed E-state index contributed by atoms with van der Waals surface area (Å²) in [6, 6.07) is 24.2. The van der Waals surface area contributed by atoms with E-state index in [0.29, 0.717) is 35.9 Å². The van der Waals surface area contributed by atoms with Crippen LogP contribution in [0.5, 0.6) is 11.5 Å². The van der Waals surface area contributed by atoms with Gasteiger partial charge >= 0.3 is 0 Å². The van der Waals surface area contributed by atoms with Crippen LogP contribution in [0.25, 0.3) is 0 Å². The highest BCUT2D eigenvalue weighted by atomic mass is 35.5. The van der Waals surface area contributed by atoms with Crippen LogP contribution in [0.15, 0.2) is 102 Å². The molecule has 4 aromatic carbocycles. The first-order chi connectivity index (χ1) is 22.7. The van der Waals surface area contributed by atoms with Gasteiger partial charge in [0.2, 0.25) is 11.8 Å². The quantitative estimate of drug-likeness (QED) is 0.197. The lowest BCUT2D eigenvalue weighted by molar-refractivity contribution is -0.140. The van der Waals surface area contributed by atoms with E-state index >= 15 is 0 Å². The molecule has 0 radical (unpaired) electrons. The standard InChI is InChI=1S/C35H35ClFN3O6S/c1-2-17-38-35(42)31(21-25-7-4-3-5-8-25)39(23-26-9-6-10-27(36)20-26)34(41)24-40(29-13-11-28(37)12-14-29)47(43,44)30-15-16-32-33(22-30)46-19-18-45-32/h3-16,20,22,31H,2,17-19,21,23-24H2,1H3,(H,38,42). The van der Waals surface area contributed by atoms with E-state index in [2.05, 4.69) is 5.32 Å². The lowest BCUT2D eigenvalue weighted by atomic mass is 10.0. The van der Waals surface area contributed by atoms with Gasteiger partial charge in [-0.3, -0.25) is 13.9 Å². The van der Waals surface area contributed by atoms with Crippen LogP contribution in [0.1, 0.15) is 24.5 Å². The zero-order valence-corrected chi connectivity index (χ0v) is 27.3. The van der Waals surface area contributed by atoms with E-state index < -0.39 is 34.3 Å². The topological polar surface area (TPSA) is 105 Å². The summed E-state index contributed by atoms with van der Waals surface area (Å²) in [7, 11) is -4.42. The number of hydrogen-bond donors (Lipinski definition) is 1. The summed E-state index contributed by atoms with van der Waals surface area (Å²) in [6.07, 6.45) is 0.853. The number of nitrogens with one attached hydrogen (secondary N) is 1. The fourth-order valence-electron chi connectivity index (χ4n) is 5.20. The van der Waals surface area contributed by atoms with Crippen molar-refractivity contribution < 1.29 is 31.9 Å². The minimum Gasteiger partial charge on any atom is -0.486 e. The van der Waals surface area contributed by atoms with Gasteiger partial charge in [0.15, 0.2) is 11.5 Å². The number of nitrogens with zero attached hydrogens (tertiary/aromatic N) is 2. The second-order valence-electron chi connectivity index (χ2n) is 10.9. The van der Waals surface area contributed by atoms with Gasteiger partial charge in [-0.15, -0.1) is 0 Å². The Labute approximate surface area is 278 Å². The van der Waals surface area contributed by atoms with Crippen LogP contribution < -0.4 is 19.1 Å². The molecule has 1 aliphatic heterocycles. The van der Waals surface area contributed by atoms with Crippen molar-refractivity contribution in [1.29, 1.82) is 0 Å². The minimum absolute atomic E-state index is 0.0300. The first kappa shape index (κ1) is 33.7. The van der Waals surface area contributed by atoms with Gasteiger partial charge in [-0.2, -0.15) is 0 Å². The van der Waals surface area contributed by atoms with Gasteiger partial charge in [-0.05, 0) is 66.1 Å². The van der Waals surface area contributed by atoms with Crippen molar-refractivity contribution in [3.63, 3.8) is 0 Å². The number of benzene rings is 4. The number of halogens is 2. The van der Waals surface area contributed by atoms with Crippen LogP contribution in [0, 0.1) is 5.82 Å². The normalized spacial score (nSPS) is 13.0. The Morgan fingerprint density at radius 3 is 2.30 bits per heavy atom. The lowest BCUT2D eigenvalue weighted by Gasteiger charge is -2.34. The van der Waals surface area contributed by atoms with Gasteiger partial charge < -0.3 is 19.7 Å². The molecule has 0 aliphatic carbocycles. The summed E-state index contributed by atoms with van der Waals surface area (Å²) < 4.78 is 54.6. The fourth-order valence-corrected chi connectivity index (χ4v) is 6.84. The second-order valence-corrected chi connectivity index (χ2v) is 13.2. The number of hydrogen-bond acceptors (Lipinski definition) is 6. The van der Waals surface area contributed by atoms with E-state index in [9.17, 15) is 22.4 Å². The maximum absolute atomic E-state index is 14.5. The Bertz CT molecular complexity index is 1810. The minimum atomic E-state index is -4.42. The van der Waals surface area contributed by atoms with E-state index in [4.69, 9.17) is 21.1 Å². The van der Waals surface area contributed by atoms with Crippen LogP contribution in [0.3, 0.4) is 0 Å². The van der Waals surface area contributed by atoms with Crippen molar-refractivity contribution >= 4 is 39.1 Å². The first-order valence-electron chi connectivity index (χ1n) is 15.2. The van der Waals surface area contributed by atoms with Crippen molar-refractivity contribution in [2.45, 2.75) is 37.2 Å². The predicted octanol–water partition coefficient (Wildman–Crippen LogP) is 5.61. The lowest BCUT2D eigenvalue weighted by Crippen LogP contribution is -2.53. The number of fused-ring (bicyclic) bond motifs is 1. The van der Waals surface area contributed by atoms with Gasteiger partial charge in [0.1, 0.15) is 31.6 Å². The van der Waals surface area contributed by atoms with Crippen molar-refractivity contribution in [1.82, 2.24) is 10.2 Å². The molecule has 47 heavy (non-hydrogen) atoms. The number of carbonyl (C=O) groups is 2. The first-order valence-corrected chi connectivity index (χ1v) is 17.0. The zero-order valence-electron chi connectivity index (χ0n) is 25.8. The van der Waals surface area contributed by atoms with Crippen LogP contribution in [-0.4, -0.2) is 57.5 Å². The largest absolute Gasteiger partial charge is 0.486 e. The molecule has 2 amide bonds. The van der Waals surface area contributed by atoms with Gasteiger partial charge in [-0.1, -0.05) is 61.0 Å². The molecule has 9 nitrogen and oxygen atoms in total. The van der Waals surface area contributed by atoms with Gasteiger partial charge in [-0.25, -0.2) is 12.8 Å². The molecule has 1 heterocycles. The van der Waals surface area contributed by atoms with E-state index in [0.717, 1.165) is 22.0 Å². The Hall–Kier alpha value is -4.61. The van der Waals surface area contributed by atoms with Crippen LogP contribution in [0.4, 0.5) is 10.1 Å². The molecular formula is C35H35ClFN3O6S. The number of rotatable bonds is 13. The zero-order chi connectivity index (χ0) is 33.4. The average Bonchev–Trinajstić information content (AvgIpc) is 3.08. The summed E-state index contributed by atoms with van der Waals surface area (Å²) in [4.78, 5) is 29.4. The molecule has 0 saturated carbocycles. The van der Waals surface area contributed by atoms with E-state index in [-0.39, 0.29) is 41.8 Å². The van der Waals surface area contributed by atoms with Gasteiger partial charge in [0, 0.05) is 30.6 Å². The van der Waals surface area contributed by atoms with Crippen LogP contribution in [0.2, 0.25) is 5.02 Å². The van der Waals surface area contributed by atoms with Crippen molar-refractivity contribution in [2.24, 2.45) is 0 Å². The molecule has 12 heteroatoms. The summed E-state index contributed by atoms with van der Waals surface area (Å²) >= 11 is 6.28. The third-order valence-corrected chi connectivity index (χ3v) is 9.56. The predicted molar refractivity (Wildman–Crippen MR) is 178 cm³/mol. The maximum Gasteiger partial charge on any atom is 0.264 e. The molecule has 1 atom stereocenters. The molecule has 0 spiro atoms. The smallest absolute Gasteiger partial charge is 0.264 e. The monoisotopic (exact) mass is 679 g/mol. The molecule has 246 valence electrons. The third kappa shape index (κ3) is 8.41. The molecular weight excluding hydrogens is 645 g/mol. The third-order valence-electron chi connectivity index (χ3n) is 7.56. The molecule has 0 saturated heterocycles. The SMILES string of the molecule is CCCNC(=O)C(Cc1ccccc1)N(Cc1cccc(Cl)c1)C(=O)CN(c1ccc(F)cc1)S(=O)(=O)c1ccc2c(c1)OCCO2. The van der Waals surface area contributed by atoms with Crippen molar-refractivity contribution in [3.8, 4) is 11.5 Å². The summed E-state index contributed by atoms with van der Waals surface area (Å²) in [5.41, 5.74) is 1.52. The van der Waals surface area contributed by atoms with Crippen LogP contribution >= 0.6 is 11.6 Å². The van der Waals surface area contributed by atoms with E-state index in [1.54, 1.807) is 24.3 Å². The molecule has 1 unspecified atom stereocenters. The number of ether oxygens (including phenoxy) is 2. The Morgan fingerprint density at radius 2 is 1.60 bits per heavy atom. The Balaban J connectivity index is 1.57. The van der Waals surface area contributed by atoms with Crippen molar-refractivity contribution in [3.05, 3.63) is 119 Å². The molecule has 1 aliphatic rings. The molecule has 0 aromatic heterocycles. The Kier molecular flexibility index (Phi) is 11.0. The number of anilines is 1. The highest BCUT2D eigenvalue weighted by Crippen LogP contribution is 2.34. The van der Waals surface area contributed by atoms with Crippen molar-refractivity contribution in [2.75, 3.05) is 30.6 Å². The molecule has 4 aromatic rings. The highest BCUT2D eigenvalue weighted by Gasteiger charge is 2.35. The summed E-state index contributed by atoms with van der Waals surface area (Å²) in [5, 5.41) is 3.35. The number of sulfonamides is 1. The number of amides is 2. The second kappa shape index (κ2) is 15.3. The fraction of sp³-hybridized carbons (Fsp3) is 0.257. The number of carbonyl (C=O) groups excluding carboxylic acids is 2. The maximum atomic E-state index is 14.5. The van der Waals surface area contributed by atoms with Gasteiger partial charge in [0.25, 0.3) is 10.0 Å². The summed E-state index contributed by atoms with van der Waals surface area (Å²) in [5.74, 6) is -0.957. The molecule has 5 rings (SSSR count). The van der Waals surface area contributed by atoms with Gasteiger partial charge in [0.05, 0.1) is 10.6 Å². The van der Waals surface area contributed by atoms with Crippen LogP contribution in [-0.2, 0) is 32.6 Å². The molecule has 1 N–H and O–H groups in total.